The van der Waals surface area contributed by atoms with Gasteiger partial charge in [0.15, 0.2) is 0 Å². The van der Waals surface area contributed by atoms with E-state index in [4.69, 9.17) is 10.5 Å². The average molecular weight is 302 g/mol. The van der Waals surface area contributed by atoms with Gasteiger partial charge >= 0.3 is 5.97 Å². The maximum atomic E-state index is 13.4. The molecule has 0 aliphatic rings. The van der Waals surface area contributed by atoms with E-state index in [1.165, 1.54) is 36.5 Å². The third kappa shape index (κ3) is 3.76. The molecule has 22 heavy (non-hydrogen) atoms. The average Bonchev–Trinajstić information content (AvgIpc) is 2.49. The Labute approximate surface area is 125 Å². The van der Waals surface area contributed by atoms with Crippen LogP contribution in [0.5, 0.6) is 0 Å². The van der Waals surface area contributed by atoms with Gasteiger partial charge in [-0.2, -0.15) is 0 Å². The summed E-state index contributed by atoms with van der Waals surface area (Å²) in [5, 5.41) is 19.3. The second-order valence-corrected chi connectivity index (χ2v) is 4.40. The van der Waals surface area contributed by atoms with Crippen molar-refractivity contribution in [3.8, 4) is 0 Å². The molecule has 2 aromatic carbocycles. The van der Waals surface area contributed by atoms with Crippen LogP contribution in [-0.4, -0.2) is 16.8 Å². The lowest BCUT2D eigenvalue weighted by Crippen LogP contribution is -2.01. The van der Waals surface area contributed by atoms with Crippen LogP contribution in [0.15, 0.2) is 54.7 Å². The highest BCUT2D eigenvalue weighted by molar-refractivity contribution is 6.07. The van der Waals surface area contributed by atoms with Gasteiger partial charge in [-0.3, -0.25) is 0 Å². The molecule has 0 aliphatic carbocycles. The van der Waals surface area contributed by atoms with Gasteiger partial charge < -0.3 is 15.8 Å². The van der Waals surface area contributed by atoms with Crippen molar-refractivity contribution in [1.82, 2.24) is 0 Å². The van der Waals surface area contributed by atoms with E-state index in [1.54, 1.807) is 6.07 Å². The molecule has 2 aromatic rings. The van der Waals surface area contributed by atoms with Gasteiger partial charge in [-0.25, -0.2) is 13.6 Å². The predicted octanol–water partition coefficient (Wildman–Crippen LogP) is 3.66. The summed E-state index contributed by atoms with van der Waals surface area (Å²) in [7, 11) is 0. The zero-order valence-electron chi connectivity index (χ0n) is 11.3. The smallest absolute Gasteiger partial charge is 0.335 e. The van der Waals surface area contributed by atoms with Gasteiger partial charge in [0.25, 0.3) is 0 Å². The van der Waals surface area contributed by atoms with E-state index < -0.39 is 17.6 Å². The number of carboxylic acid groups (broad SMARTS) is 1. The zero-order valence-corrected chi connectivity index (χ0v) is 11.3. The number of hydrogen-bond acceptors (Lipinski definition) is 3. The monoisotopic (exact) mass is 302 g/mol. The maximum Gasteiger partial charge on any atom is 0.335 e. The van der Waals surface area contributed by atoms with Crippen molar-refractivity contribution in [3.05, 3.63) is 77.5 Å². The van der Waals surface area contributed by atoms with Crippen LogP contribution in [0.4, 0.5) is 14.5 Å². The molecule has 2 rings (SSSR count). The summed E-state index contributed by atoms with van der Waals surface area (Å²) >= 11 is 0. The molecule has 0 fully saturated rings. The standard InChI is InChI=1S/C16H12F2N2O2/c17-12-4-5-15(13(18)9-12)20-7-6-14(19)10-2-1-3-11(8-10)16(21)22/h1-9,19-20H,(H,21,22)/b7-6-,19-14?. The minimum atomic E-state index is -1.08. The molecule has 4 nitrogen and oxygen atoms in total. The lowest BCUT2D eigenvalue weighted by atomic mass is 10.1. The van der Waals surface area contributed by atoms with Gasteiger partial charge in [0.05, 0.1) is 17.0 Å². The number of carbonyl (C=O) groups is 1. The number of halogens is 2. The second-order valence-electron chi connectivity index (χ2n) is 4.40. The molecule has 0 saturated heterocycles. The Morgan fingerprint density at radius 2 is 1.86 bits per heavy atom. The summed E-state index contributed by atoms with van der Waals surface area (Å²) in [5.41, 5.74) is 0.619. The van der Waals surface area contributed by atoms with Gasteiger partial charge in [-0.1, -0.05) is 12.1 Å². The first-order valence-electron chi connectivity index (χ1n) is 6.28. The fourth-order valence-corrected chi connectivity index (χ4v) is 1.74. The summed E-state index contributed by atoms with van der Waals surface area (Å²) < 4.78 is 26.1. The van der Waals surface area contributed by atoms with Crippen LogP contribution in [0.2, 0.25) is 0 Å². The van der Waals surface area contributed by atoms with Crippen LogP contribution < -0.4 is 5.32 Å². The van der Waals surface area contributed by atoms with Crippen molar-refractivity contribution in [2.24, 2.45) is 0 Å². The summed E-state index contributed by atoms with van der Waals surface area (Å²) in [5.74, 6) is -2.50. The predicted molar refractivity (Wildman–Crippen MR) is 79.4 cm³/mol. The molecule has 0 saturated carbocycles. The molecule has 0 aromatic heterocycles. The molecule has 0 heterocycles. The van der Waals surface area contributed by atoms with E-state index in [0.717, 1.165) is 12.1 Å². The van der Waals surface area contributed by atoms with Crippen molar-refractivity contribution in [2.45, 2.75) is 0 Å². The molecule has 0 bridgehead atoms. The third-order valence-corrected chi connectivity index (χ3v) is 2.84. The van der Waals surface area contributed by atoms with Crippen molar-refractivity contribution in [1.29, 1.82) is 5.41 Å². The van der Waals surface area contributed by atoms with Crippen LogP contribution in [0.25, 0.3) is 0 Å². The molecule has 0 amide bonds. The van der Waals surface area contributed by atoms with Gasteiger partial charge in [0, 0.05) is 17.8 Å². The zero-order chi connectivity index (χ0) is 16.1. The molecule has 3 N–H and O–H groups in total. The van der Waals surface area contributed by atoms with E-state index in [-0.39, 0.29) is 17.0 Å². The summed E-state index contributed by atoms with van der Waals surface area (Å²) in [6.07, 6.45) is 2.68. The lowest BCUT2D eigenvalue weighted by Gasteiger charge is -2.03. The lowest BCUT2D eigenvalue weighted by molar-refractivity contribution is 0.0697. The van der Waals surface area contributed by atoms with Crippen LogP contribution in [-0.2, 0) is 0 Å². The number of aromatic carboxylic acids is 1. The van der Waals surface area contributed by atoms with Crippen LogP contribution in [0, 0.1) is 17.0 Å². The van der Waals surface area contributed by atoms with Gasteiger partial charge in [-0.15, -0.1) is 0 Å². The highest BCUT2D eigenvalue weighted by Crippen LogP contribution is 2.15. The van der Waals surface area contributed by atoms with Crippen molar-refractivity contribution in [3.63, 3.8) is 0 Å². The molecule has 0 aliphatic heterocycles. The largest absolute Gasteiger partial charge is 0.478 e. The Bertz CT molecular complexity index is 758. The van der Waals surface area contributed by atoms with Gasteiger partial charge in [0.1, 0.15) is 11.6 Å². The molecule has 0 radical (unpaired) electrons. The van der Waals surface area contributed by atoms with E-state index in [0.29, 0.717) is 5.56 Å². The number of nitrogens with one attached hydrogen (secondary N) is 2. The Balaban J connectivity index is 2.08. The number of benzene rings is 2. The molecule has 0 unspecified atom stereocenters. The third-order valence-electron chi connectivity index (χ3n) is 2.84. The van der Waals surface area contributed by atoms with Crippen LogP contribution in [0.1, 0.15) is 15.9 Å². The van der Waals surface area contributed by atoms with Crippen molar-refractivity contribution >= 4 is 17.4 Å². The quantitative estimate of drug-likeness (QED) is 0.738. The molecule has 0 spiro atoms. The fraction of sp³-hybridized carbons (Fsp3) is 0. The molecular weight excluding hydrogens is 290 g/mol. The van der Waals surface area contributed by atoms with Crippen molar-refractivity contribution < 1.29 is 18.7 Å². The normalized spacial score (nSPS) is 10.6. The highest BCUT2D eigenvalue weighted by Gasteiger charge is 2.05. The Morgan fingerprint density at radius 1 is 1.14 bits per heavy atom. The van der Waals surface area contributed by atoms with Crippen LogP contribution in [0.3, 0.4) is 0 Å². The van der Waals surface area contributed by atoms with Crippen molar-refractivity contribution in [2.75, 3.05) is 5.32 Å². The molecular formula is C16H12F2N2O2. The number of anilines is 1. The topological polar surface area (TPSA) is 73.2 Å². The highest BCUT2D eigenvalue weighted by atomic mass is 19.1. The Hall–Kier alpha value is -3.02. The van der Waals surface area contributed by atoms with E-state index in [1.807, 2.05) is 0 Å². The number of hydrogen-bond donors (Lipinski definition) is 3. The summed E-state index contributed by atoms with van der Waals surface area (Å²) in [6.45, 7) is 0. The van der Waals surface area contributed by atoms with Gasteiger partial charge in [0.2, 0.25) is 0 Å². The van der Waals surface area contributed by atoms with Gasteiger partial charge in [-0.05, 0) is 30.3 Å². The second kappa shape index (κ2) is 6.62. The molecule has 0 atom stereocenters. The number of allylic oxidation sites excluding steroid dienone is 1. The first-order chi connectivity index (χ1) is 10.5. The SMILES string of the molecule is N=C(/C=C\Nc1ccc(F)cc1F)c1cccc(C(=O)O)c1. The molecule has 6 heteroatoms. The van der Waals surface area contributed by atoms with E-state index >= 15 is 0 Å². The fourth-order valence-electron chi connectivity index (χ4n) is 1.74. The summed E-state index contributed by atoms with van der Waals surface area (Å²) in [6, 6.07) is 9.02. The van der Waals surface area contributed by atoms with Crippen LogP contribution >= 0.6 is 0 Å². The van der Waals surface area contributed by atoms with E-state index in [9.17, 15) is 13.6 Å². The Kier molecular flexibility index (Phi) is 4.63. The maximum absolute atomic E-state index is 13.4. The minimum absolute atomic E-state index is 0.0538. The minimum Gasteiger partial charge on any atom is -0.478 e. The summed E-state index contributed by atoms with van der Waals surface area (Å²) in [4.78, 5) is 10.9. The van der Waals surface area contributed by atoms with E-state index in [2.05, 4.69) is 5.32 Å². The first kappa shape index (κ1) is 15.4. The number of rotatable bonds is 5. The number of carboxylic acids is 1. The molecule has 112 valence electrons. The Morgan fingerprint density at radius 3 is 2.55 bits per heavy atom. The first-order valence-corrected chi connectivity index (χ1v) is 6.28.